The largest absolute Gasteiger partial charge is 0.497 e. The number of fused-ring (bicyclic) bond motifs is 1. The molecule has 0 amide bonds. The van der Waals surface area contributed by atoms with Gasteiger partial charge >= 0.3 is 0 Å². The Hall–Kier alpha value is 0.600. The Balaban J connectivity index is 0.00000112. The van der Waals surface area contributed by atoms with Crippen LogP contribution in [0.1, 0.15) is 0 Å². The Labute approximate surface area is 139 Å². The number of nitrogens with zero attached hydrogens (tertiary/aromatic N) is 1. The van der Waals surface area contributed by atoms with E-state index in [-0.39, 0.29) is 64.3 Å². The van der Waals surface area contributed by atoms with E-state index in [1.54, 1.807) is 25.3 Å². The van der Waals surface area contributed by atoms with Crippen LogP contribution in [-0.2, 0) is 11.1 Å². The maximum absolute atomic E-state index is 10.7. The topological polar surface area (TPSA) is 75.2 Å². The van der Waals surface area contributed by atoms with E-state index in [0.717, 1.165) is 0 Å². The number of rotatable bonds is 2. The van der Waals surface area contributed by atoms with Crippen LogP contribution in [0.25, 0.3) is 11.0 Å². The van der Waals surface area contributed by atoms with Crippen molar-refractivity contribution in [1.82, 2.24) is 9.97 Å². The molecule has 8 heteroatoms. The smallest absolute Gasteiger partial charge is 0.225 e. The third kappa shape index (κ3) is 3.54. The molecule has 1 heterocycles. The molecule has 0 saturated heterocycles. The summed E-state index contributed by atoms with van der Waals surface area (Å²) in [6, 6.07) is 5.19. The van der Waals surface area contributed by atoms with E-state index in [2.05, 4.69) is 9.97 Å². The van der Waals surface area contributed by atoms with Gasteiger partial charge in [-0.3, -0.25) is 4.55 Å². The second kappa shape index (κ2) is 7.13. The molecule has 5 nitrogen and oxygen atoms in total. The van der Waals surface area contributed by atoms with Crippen molar-refractivity contribution in [3.8, 4) is 5.75 Å². The molecule has 0 fully saturated rings. The first-order valence-electron chi connectivity index (χ1n) is 3.85. The molecule has 0 spiro atoms. The maximum atomic E-state index is 10.7. The third-order valence-corrected chi connectivity index (χ3v) is 2.36. The molecule has 76 valence electrons. The third-order valence-electron chi connectivity index (χ3n) is 1.83. The summed E-state index contributed by atoms with van der Waals surface area (Å²) in [6.45, 7) is 0. The molecular weight excluding hydrogens is 250 g/mol. The average molecular weight is 258 g/mol. The van der Waals surface area contributed by atoms with Crippen LogP contribution in [0.3, 0.4) is 0 Å². The number of H-pyrrole nitrogens is 1. The second-order valence-corrected chi connectivity index (χ2v) is 3.56. The van der Waals surface area contributed by atoms with Crippen molar-refractivity contribution < 1.29 is 13.5 Å². The summed E-state index contributed by atoms with van der Waals surface area (Å²) < 4.78 is 24.5. The Kier molecular flexibility index (Phi) is 7.39. The quantitative estimate of drug-likeness (QED) is 0.603. The number of hydrogen-bond donors (Lipinski definition) is 2. The van der Waals surface area contributed by atoms with Gasteiger partial charge in [0, 0.05) is 65.2 Å². The van der Waals surface area contributed by atoms with Gasteiger partial charge < -0.3 is 9.72 Å². The standard InChI is InChI=1S/C8H8N2O3S.2Na/c1-13-5-2-3-6-7(4-5)10-8(9-6)14(11)12;;/h2-4H,1H3,(H,9,10)(H,11,12);;. The van der Waals surface area contributed by atoms with Crippen molar-refractivity contribution in [3.05, 3.63) is 18.2 Å². The second-order valence-electron chi connectivity index (χ2n) is 2.67. The number of aromatic amines is 1. The molecule has 0 aliphatic rings. The van der Waals surface area contributed by atoms with Crippen molar-refractivity contribution in [2.24, 2.45) is 0 Å². The van der Waals surface area contributed by atoms with E-state index in [9.17, 15) is 4.21 Å². The Bertz CT molecular complexity index is 503. The van der Waals surface area contributed by atoms with Gasteiger partial charge in [0.25, 0.3) is 0 Å². The molecule has 2 radical (unpaired) electrons. The Morgan fingerprint density at radius 2 is 2.12 bits per heavy atom. The molecule has 1 aromatic carbocycles. The van der Waals surface area contributed by atoms with E-state index >= 15 is 0 Å². The normalized spacial score (nSPS) is 11.4. The number of benzene rings is 1. The summed E-state index contributed by atoms with van der Waals surface area (Å²) in [5, 5.41) is 0.0493. The summed E-state index contributed by atoms with van der Waals surface area (Å²) in [7, 11) is 1.56. The van der Waals surface area contributed by atoms with Gasteiger partial charge in [-0.15, -0.1) is 0 Å². The van der Waals surface area contributed by atoms with Gasteiger partial charge in [0.05, 0.1) is 18.1 Å². The Morgan fingerprint density at radius 3 is 2.69 bits per heavy atom. The minimum absolute atomic E-state index is 0. The van der Waals surface area contributed by atoms with Crippen LogP contribution >= 0.6 is 0 Å². The zero-order valence-electron chi connectivity index (χ0n) is 9.35. The first-order chi connectivity index (χ1) is 6.70. The van der Waals surface area contributed by atoms with Crippen LogP contribution in [0, 0.1) is 0 Å². The fourth-order valence-corrected chi connectivity index (χ4v) is 1.55. The number of ether oxygens (including phenoxy) is 1. The van der Waals surface area contributed by atoms with Gasteiger partial charge in [-0.05, 0) is 12.1 Å². The van der Waals surface area contributed by atoms with Crippen molar-refractivity contribution in [3.63, 3.8) is 0 Å². The Morgan fingerprint density at radius 1 is 1.44 bits per heavy atom. The van der Waals surface area contributed by atoms with Crippen LogP contribution < -0.4 is 4.74 Å². The van der Waals surface area contributed by atoms with Crippen LogP contribution in [0.2, 0.25) is 0 Å². The van der Waals surface area contributed by atoms with E-state index in [1.807, 2.05) is 0 Å². The maximum Gasteiger partial charge on any atom is 0.225 e. The van der Waals surface area contributed by atoms with Crippen LogP contribution in [0.15, 0.2) is 23.4 Å². The summed E-state index contributed by atoms with van der Waals surface area (Å²) >= 11 is -2.08. The molecule has 1 unspecified atom stereocenters. The minimum Gasteiger partial charge on any atom is -0.497 e. The molecule has 0 saturated carbocycles. The summed E-state index contributed by atoms with van der Waals surface area (Å²) in [4.78, 5) is 6.65. The molecular formula is C8H8N2Na2O3S. The summed E-state index contributed by atoms with van der Waals surface area (Å²) in [6.07, 6.45) is 0. The summed E-state index contributed by atoms with van der Waals surface area (Å²) in [5.41, 5.74) is 1.32. The van der Waals surface area contributed by atoms with Gasteiger partial charge in [0.1, 0.15) is 5.75 Å². The molecule has 2 aromatic rings. The van der Waals surface area contributed by atoms with Crippen LogP contribution in [0.5, 0.6) is 5.75 Å². The van der Waals surface area contributed by atoms with Gasteiger partial charge in [-0.2, -0.15) is 0 Å². The number of methoxy groups -OCH3 is 1. The number of hydrogen-bond acceptors (Lipinski definition) is 3. The SMILES string of the molecule is COc1ccc2nc(S(=O)O)[nH]c2c1.[Na].[Na]. The van der Waals surface area contributed by atoms with Gasteiger partial charge in [0.2, 0.25) is 16.2 Å². The number of nitrogens with one attached hydrogen (secondary N) is 1. The zero-order chi connectivity index (χ0) is 10.1. The molecule has 0 aliphatic carbocycles. The first kappa shape index (κ1) is 16.6. The molecule has 0 bridgehead atoms. The minimum atomic E-state index is -2.08. The van der Waals surface area contributed by atoms with Crippen molar-refractivity contribution in [2.75, 3.05) is 7.11 Å². The van der Waals surface area contributed by atoms with Crippen LogP contribution in [-0.4, -0.2) is 85.0 Å². The van der Waals surface area contributed by atoms with E-state index < -0.39 is 11.1 Å². The fraction of sp³-hybridized carbons (Fsp3) is 0.125. The predicted octanol–water partition coefficient (Wildman–Crippen LogP) is 0.390. The van der Waals surface area contributed by atoms with Gasteiger partial charge in [-0.1, -0.05) is 0 Å². The van der Waals surface area contributed by atoms with Gasteiger partial charge in [0.15, 0.2) is 0 Å². The van der Waals surface area contributed by atoms with Crippen molar-refractivity contribution >= 4 is 81.2 Å². The number of aromatic nitrogens is 2. The molecule has 2 rings (SSSR count). The van der Waals surface area contributed by atoms with Gasteiger partial charge in [-0.25, -0.2) is 9.19 Å². The first-order valence-corrected chi connectivity index (χ1v) is 4.96. The molecule has 1 aromatic heterocycles. The molecule has 16 heavy (non-hydrogen) atoms. The van der Waals surface area contributed by atoms with E-state index in [0.29, 0.717) is 16.8 Å². The van der Waals surface area contributed by atoms with E-state index in [1.165, 1.54) is 0 Å². The molecule has 1 atom stereocenters. The fourth-order valence-electron chi connectivity index (χ4n) is 1.17. The molecule has 2 N–H and O–H groups in total. The monoisotopic (exact) mass is 258 g/mol. The average Bonchev–Trinajstić information content (AvgIpc) is 2.59. The molecule has 0 aliphatic heterocycles. The zero-order valence-corrected chi connectivity index (χ0v) is 14.2. The number of imidazole rings is 1. The summed E-state index contributed by atoms with van der Waals surface area (Å²) in [5.74, 6) is 0.677. The van der Waals surface area contributed by atoms with Crippen molar-refractivity contribution in [1.29, 1.82) is 0 Å². The van der Waals surface area contributed by atoms with E-state index in [4.69, 9.17) is 9.29 Å². The predicted molar refractivity (Wildman–Crippen MR) is 63.2 cm³/mol. The van der Waals surface area contributed by atoms with Crippen LogP contribution in [0.4, 0.5) is 0 Å². The van der Waals surface area contributed by atoms with Crippen molar-refractivity contribution in [2.45, 2.75) is 5.16 Å².